The molecule has 222 valence electrons. The quantitative estimate of drug-likeness (QED) is 0.0620. The van der Waals surface area contributed by atoms with E-state index in [2.05, 4.69) is 10.6 Å². The molecule has 0 aliphatic heterocycles. The van der Waals surface area contributed by atoms with Crippen LogP contribution in [0.15, 0.2) is 36.4 Å². The van der Waals surface area contributed by atoms with Crippen molar-refractivity contribution in [3.05, 3.63) is 53.1 Å². The van der Waals surface area contributed by atoms with Crippen molar-refractivity contribution >= 4 is 30.2 Å². The van der Waals surface area contributed by atoms with Crippen molar-refractivity contribution in [3.8, 4) is 16.9 Å². The van der Waals surface area contributed by atoms with E-state index in [0.29, 0.717) is 29.9 Å². The van der Waals surface area contributed by atoms with Crippen LogP contribution in [0.2, 0.25) is 0 Å². The van der Waals surface area contributed by atoms with Gasteiger partial charge in [0, 0.05) is 5.56 Å². The molecule has 0 heterocycles. The maximum atomic E-state index is 13.0. The van der Waals surface area contributed by atoms with Gasteiger partial charge in [0.05, 0.1) is 36.4 Å². The normalized spacial score (nSPS) is 12.1. The molecule has 2 aromatic carbocycles. The van der Waals surface area contributed by atoms with E-state index in [4.69, 9.17) is 4.74 Å². The van der Waals surface area contributed by atoms with Crippen LogP contribution >= 0.6 is 0 Å². The molecule has 0 radical (unpaired) electrons. The standard InChI is InChI=1S/C29H37N3O9/c1-4-7-8-9-24(25(5-2)32(40)17-33)27(35)31-16-30-26(34)20-10-18(11-21(13-20)28(36)37)19-12-22(29(38)39)15-23(14-19)41-6-3/h10-15,17,24-25,40H,4-9,16H2,1-3H3,(H,30,34)(H,31,35)(H,36,37)(H,38,39)/t24-,25-/m1/s1. The van der Waals surface area contributed by atoms with Crippen molar-refractivity contribution in [3.63, 3.8) is 0 Å². The summed E-state index contributed by atoms with van der Waals surface area (Å²) in [5, 5.41) is 34.7. The highest BCUT2D eigenvalue weighted by atomic mass is 16.5. The number of nitrogens with zero attached hydrogens (tertiary/aromatic N) is 1. The fourth-order valence-electron chi connectivity index (χ4n) is 4.48. The SMILES string of the molecule is CCCCC[C@@H](C(=O)NCNC(=O)c1cc(C(=O)O)cc(-c2cc(OCC)cc(C(=O)O)c2)c1)[C@@H](CC)N(O)C=O. The minimum Gasteiger partial charge on any atom is -0.494 e. The lowest BCUT2D eigenvalue weighted by molar-refractivity contribution is -0.168. The van der Waals surface area contributed by atoms with Crippen molar-refractivity contribution < 1.29 is 44.1 Å². The summed E-state index contributed by atoms with van der Waals surface area (Å²) < 4.78 is 5.45. The van der Waals surface area contributed by atoms with E-state index in [9.17, 15) is 39.4 Å². The Bertz CT molecular complexity index is 1250. The molecule has 0 saturated heterocycles. The first-order valence-corrected chi connectivity index (χ1v) is 13.4. The highest BCUT2D eigenvalue weighted by Gasteiger charge is 2.30. The molecule has 2 aromatic rings. The molecule has 12 heteroatoms. The number of carboxylic acids is 2. The number of ether oxygens (including phenoxy) is 1. The lowest BCUT2D eigenvalue weighted by Gasteiger charge is -2.29. The predicted octanol–water partition coefficient (Wildman–Crippen LogP) is 3.77. The maximum Gasteiger partial charge on any atom is 0.335 e. The zero-order valence-electron chi connectivity index (χ0n) is 23.4. The van der Waals surface area contributed by atoms with E-state index in [1.807, 2.05) is 6.92 Å². The van der Waals surface area contributed by atoms with Crippen LogP contribution in [-0.4, -0.2) is 70.0 Å². The van der Waals surface area contributed by atoms with Crippen molar-refractivity contribution in [2.75, 3.05) is 13.3 Å². The Kier molecular flexibility index (Phi) is 12.8. The summed E-state index contributed by atoms with van der Waals surface area (Å²) >= 11 is 0. The Labute approximate surface area is 238 Å². The molecule has 0 aliphatic rings. The highest BCUT2D eigenvalue weighted by molar-refractivity contribution is 6.00. The van der Waals surface area contributed by atoms with E-state index in [1.54, 1.807) is 19.9 Å². The van der Waals surface area contributed by atoms with Crippen molar-refractivity contribution in [2.45, 2.75) is 58.9 Å². The molecule has 0 aromatic heterocycles. The van der Waals surface area contributed by atoms with Gasteiger partial charge in [0.1, 0.15) is 5.75 Å². The molecule has 0 spiro atoms. The average Bonchev–Trinajstić information content (AvgIpc) is 2.96. The molecule has 5 N–H and O–H groups in total. The molecule has 2 rings (SSSR count). The van der Waals surface area contributed by atoms with Gasteiger partial charge in [-0.15, -0.1) is 0 Å². The highest BCUT2D eigenvalue weighted by Crippen LogP contribution is 2.28. The molecule has 0 unspecified atom stereocenters. The lowest BCUT2D eigenvalue weighted by Crippen LogP contribution is -2.47. The zero-order chi connectivity index (χ0) is 30.5. The number of hydroxylamine groups is 2. The number of hydrogen-bond donors (Lipinski definition) is 5. The van der Waals surface area contributed by atoms with Gasteiger partial charge in [0.25, 0.3) is 5.91 Å². The molecule has 0 fully saturated rings. The summed E-state index contributed by atoms with van der Waals surface area (Å²) in [5.41, 5.74) is 0.315. The molecule has 0 aliphatic carbocycles. The Morgan fingerprint density at radius 3 is 2.05 bits per heavy atom. The van der Waals surface area contributed by atoms with Crippen LogP contribution in [0.4, 0.5) is 0 Å². The molecular formula is C29H37N3O9. The van der Waals surface area contributed by atoms with Gasteiger partial charge < -0.3 is 25.6 Å². The minimum absolute atomic E-state index is 0.0266. The molecule has 12 nitrogen and oxygen atoms in total. The number of carbonyl (C=O) groups excluding carboxylic acids is 3. The number of unbranched alkanes of at least 4 members (excludes halogenated alkanes) is 2. The number of nitrogens with one attached hydrogen (secondary N) is 2. The molecule has 41 heavy (non-hydrogen) atoms. The fourth-order valence-corrected chi connectivity index (χ4v) is 4.48. The Morgan fingerprint density at radius 2 is 1.49 bits per heavy atom. The Morgan fingerprint density at radius 1 is 0.878 bits per heavy atom. The number of carbonyl (C=O) groups is 5. The summed E-state index contributed by atoms with van der Waals surface area (Å²) in [6.45, 7) is 5.48. The summed E-state index contributed by atoms with van der Waals surface area (Å²) in [5.74, 6) is -4.07. The Balaban J connectivity index is 2.27. The molecule has 3 amide bonds. The summed E-state index contributed by atoms with van der Waals surface area (Å²) in [6.07, 6.45) is 3.52. The van der Waals surface area contributed by atoms with Gasteiger partial charge in [-0.2, -0.15) is 0 Å². The third kappa shape index (κ3) is 9.31. The monoisotopic (exact) mass is 571 g/mol. The molecular weight excluding hydrogens is 534 g/mol. The summed E-state index contributed by atoms with van der Waals surface area (Å²) in [7, 11) is 0. The fraction of sp³-hybridized carbons (Fsp3) is 0.414. The number of carboxylic acid groups (broad SMARTS) is 2. The van der Waals surface area contributed by atoms with Gasteiger partial charge in [-0.05, 0) is 67.3 Å². The van der Waals surface area contributed by atoms with Crippen molar-refractivity contribution in [2.24, 2.45) is 5.92 Å². The van der Waals surface area contributed by atoms with E-state index in [-0.39, 0.29) is 47.7 Å². The Hall–Kier alpha value is -4.45. The second-order valence-electron chi connectivity index (χ2n) is 9.38. The van der Waals surface area contributed by atoms with Gasteiger partial charge in [-0.3, -0.25) is 19.6 Å². The number of aromatic carboxylic acids is 2. The number of benzene rings is 2. The van der Waals surface area contributed by atoms with E-state index >= 15 is 0 Å². The smallest absolute Gasteiger partial charge is 0.335 e. The van der Waals surface area contributed by atoms with E-state index in [0.717, 1.165) is 12.8 Å². The van der Waals surface area contributed by atoms with Gasteiger partial charge >= 0.3 is 11.9 Å². The van der Waals surface area contributed by atoms with Gasteiger partial charge in [0.15, 0.2) is 0 Å². The second-order valence-corrected chi connectivity index (χ2v) is 9.38. The van der Waals surface area contributed by atoms with Crippen LogP contribution < -0.4 is 15.4 Å². The largest absolute Gasteiger partial charge is 0.494 e. The van der Waals surface area contributed by atoms with Crippen LogP contribution in [0.5, 0.6) is 5.75 Å². The van der Waals surface area contributed by atoms with Crippen molar-refractivity contribution in [1.82, 2.24) is 15.7 Å². The second kappa shape index (κ2) is 16.0. The van der Waals surface area contributed by atoms with Crippen LogP contribution in [0, 0.1) is 5.92 Å². The topological polar surface area (TPSA) is 183 Å². The number of rotatable bonds is 17. The maximum absolute atomic E-state index is 13.0. The van der Waals surface area contributed by atoms with E-state index < -0.39 is 35.7 Å². The van der Waals surface area contributed by atoms with Gasteiger partial charge in [-0.25, -0.2) is 14.7 Å². The lowest BCUT2D eigenvalue weighted by atomic mass is 9.90. The summed E-state index contributed by atoms with van der Waals surface area (Å²) in [6, 6.07) is 7.40. The minimum atomic E-state index is -1.29. The van der Waals surface area contributed by atoms with Gasteiger partial charge in [0.2, 0.25) is 12.3 Å². The zero-order valence-corrected chi connectivity index (χ0v) is 23.4. The first-order chi connectivity index (χ1) is 19.6. The van der Waals surface area contributed by atoms with E-state index in [1.165, 1.54) is 30.3 Å². The first kappa shape index (κ1) is 32.8. The average molecular weight is 572 g/mol. The first-order valence-electron chi connectivity index (χ1n) is 13.4. The van der Waals surface area contributed by atoms with Crippen molar-refractivity contribution in [1.29, 1.82) is 0 Å². The predicted molar refractivity (Wildman–Crippen MR) is 149 cm³/mol. The van der Waals surface area contributed by atoms with Crippen LogP contribution in [-0.2, 0) is 9.59 Å². The third-order valence-electron chi connectivity index (χ3n) is 6.54. The molecule has 2 atom stereocenters. The number of hydrogen-bond acceptors (Lipinski definition) is 7. The third-order valence-corrected chi connectivity index (χ3v) is 6.54. The molecule has 0 bridgehead atoms. The van der Waals surface area contributed by atoms with Crippen LogP contribution in [0.1, 0.15) is 83.9 Å². The van der Waals surface area contributed by atoms with Gasteiger partial charge in [-0.1, -0.05) is 33.1 Å². The van der Waals surface area contributed by atoms with Crippen LogP contribution in [0.25, 0.3) is 11.1 Å². The molecule has 0 saturated carbocycles. The summed E-state index contributed by atoms with van der Waals surface area (Å²) in [4.78, 5) is 60.5. The van der Waals surface area contributed by atoms with Crippen LogP contribution in [0.3, 0.4) is 0 Å². The number of amides is 3.